The minimum atomic E-state index is -0.659. The summed E-state index contributed by atoms with van der Waals surface area (Å²) in [5.41, 5.74) is 5.46. The lowest BCUT2D eigenvalue weighted by Gasteiger charge is -2.22. The second-order valence-electron chi connectivity index (χ2n) is 2.91. The predicted molar refractivity (Wildman–Crippen MR) is 44.4 cm³/mol. The Kier molecular flexibility index (Phi) is 1.53. The predicted octanol–water partition coefficient (Wildman–Crippen LogP) is -0.438. The third kappa shape index (κ3) is 1.06. The van der Waals surface area contributed by atoms with Crippen molar-refractivity contribution in [3.05, 3.63) is 17.6 Å². The number of anilines is 1. The maximum absolute atomic E-state index is 13.1. The van der Waals surface area contributed by atoms with E-state index >= 15 is 0 Å². The number of halogens is 1. The number of carbonyl (C=O) groups is 1. The molecule has 0 radical (unpaired) electrons. The number of carbonyl (C=O) groups excluding carboxylic acids is 1. The normalized spacial score (nSPS) is 20.5. The van der Waals surface area contributed by atoms with Crippen LogP contribution in [-0.2, 0) is 7.05 Å². The maximum atomic E-state index is 13.1. The fourth-order valence-electron chi connectivity index (χ4n) is 1.38. The smallest absolute Gasteiger partial charge is 0.260 e. The number of aryl methyl sites for hydroxylation is 1. The molecule has 0 saturated heterocycles. The molecule has 13 heavy (non-hydrogen) atoms. The van der Waals surface area contributed by atoms with E-state index in [4.69, 9.17) is 5.73 Å². The molecule has 1 atom stereocenters. The number of rotatable bonds is 0. The molecule has 1 aliphatic heterocycles. The first-order valence-electron chi connectivity index (χ1n) is 3.77. The first-order valence-corrected chi connectivity index (χ1v) is 3.77. The lowest BCUT2D eigenvalue weighted by Crippen LogP contribution is -2.51. The van der Waals surface area contributed by atoms with Crippen LogP contribution in [0.4, 0.5) is 10.2 Å². The van der Waals surface area contributed by atoms with E-state index in [9.17, 15) is 9.18 Å². The zero-order valence-electron chi connectivity index (χ0n) is 6.97. The topological polar surface area (TPSA) is 72.1 Å². The van der Waals surface area contributed by atoms with Gasteiger partial charge in [-0.1, -0.05) is 0 Å². The molecule has 1 aromatic heterocycles. The zero-order valence-corrected chi connectivity index (χ0v) is 6.97. The van der Waals surface area contributed by atoms with Gasteiger partial charge in [-0.15, -0.1) is 0 Å². The van der Waals surface area contributed by atoms with Crippen molar-refractivity contribution in [2.45, 2.75) is 6.29 Å². The first kappa shape index (κ1) is 8.06. The molecular formula is C7H9FN4O. The Hall–Kier alpha value is -1.56. The molecule has 70 valence electrons. The van der Waals surface area contributed by atoms with Crippen LogP contribution >= 0.6 is 0 Å². The van der Waals surface area contributed by atoms with Crippen LogP contribution in [0.5, 0.6) is 0 Å². The molecular weight excluding hydrogens is 175 g/mol. The molecule has 6 heteroatoms. The van der Waals surface area contributed by atoms with E-state index in [1.54, 1.807) is 7.05 Å². The number of nitrogens with one attached hydrogen (secondary N) is 2. The van der Waals surface area contributed by atoms with Crippen LogP contribution in [0, 0.1) is 5.82 Å². The summed E-state index contributed by atoms with van der Waals surface area (Å²) in [7, 11) is 1.64. The van der Waals surface area contributed by atoms with Gasteiger partial charge in [-0.2, -0.15) is 0 Å². The van der Waals surface area contributed by atoms with Gasteiger partial charge >= 0.3 is 0 Å². The fraction of sp³-hybridized carbons (Fsp3) is 0.286. The van der Waals surface area contributed by atoms with Gasteiger partial charge in [0.1, 0.15) is 11.4 Å². The Labute approximate surface area is 73.7 Å². The standard InChI is InChI=1S/C7H9FN4O/c1-12-2-3(8)4-5(12)10-7(9)11-6(4)13/h2,7,10H,9H2,1H3,(H,11,13). The summed E-state index contributed by atoms with van der Waals surface area (Å²) in [6, 6.07) is 0. The van der Waals surface area contributed by atoms with Gasteiger partial charge in [0.2, 0.25) is 0 Å². The number of fused-ring (bicyclic) bond motifs is 1. The molecule has 0 fully saturated rings. The summed E-state index contributed by atoms with van der Waals surface area (Å²) in [6.45, 7) is 0. The summed E-state index contributed by atoms with van der Waals surface area (Å²) in [6.07, 6.45) is 0.572. The summed E-state index contributed by atoms with van der Waals surface area (Å²) >= 11 is 0. The highest BCUT2D eigenvalue weighted by Gasteiger charge is 2.27. The number of nitrogens with zero attached hydrogens (tertiary/aromatic N) is 1. The molecule has 2 heterocycles. The minimum Gasteiger partial charge on any atom is -0.339 e. The highest BCUT2D eigenvalue weighted by Crippen LogP contribution is 2.23. The fourth-order valence-corrected chi connectivity index (χ4v) is 1.38. The molecule has 4 N–H and O–H groups in total. The van der Waals surface area contributed by atoms with Gasteiger partial charge in [-0.3, -0.25) is 10.5 Å². The molecule has 0 aliphatic carbocycles. The quantitative estimate of drug-likeness (QED) is 0.512. The van der Waals surface area contributed by atoms with Crippen molar-refractivity contribution in [2.75, 3.05) is 5.32 Å². The Balaban J connectivity index is 2.57. The van der Waals surface area contributed by atoms with Crippen LogP contribution in [0.2, 0.25) is 0 Å². The van der Waals surface area contributed by atoms with Crippen LogP contribution in [0.25, 0.3) is 0 Å². The summed E-state index contributed by atoms with van der Waals surface area (Å²) in [5.74, 6) is -0.623. The van der Waals surface area contributed by atoms with Crippen molar-refractivity contribution in [3.63, 3.8) is 0 Å². The second-order valence-corrected chi connectivity index (χ2v) is 2.91. The number of hydrogen-bond donors (Lipinski definition) is 3. The molecule has 1 unspecified atom stereocenters. The zero-order chi connectivity index (χ0) is 9.59. The van der Waals surface area contributed by atoms with E-state index in [-0.39, 0.29) is 5.56 Å². The van der Waals surface area contributed by atoms with E-state index < -0.39 is 18.0 Å². The number of aromatic nitrogens is 1. The Morgan fingerprint density at radius 1 is 1.62 bits per heavy atom. The summed E-state index contributed by atoms with van der Waals surface area (Å²) < 4.78 is 14.6. The van der Waals surface area contributed by atoms with Crippen molar-refractivity contribution < 1.29 is 9.18 Å². The van der Waals surface area contributed by atoms with E-state index in [1.165, 1.54) is 10.8 Å². The monoisotopic (exact) mass is 184 g/mol. The Morgan fingerprint density at radius 2 is 2.31 bits per heavy atom. The van der Waals surface area contributed by atoms with Crippen molar-refractivity contribution >= 4 is 11.7 Å². The number of hydrogen-bond acceptors (Lipinski definition) is 3. The molecule has 2 rings (SSSR count). The lowest BCUT2D eigenvalue weighted by atomic mass is 10.2. The highest BCUT2D eigenvalue weighted by atomic mass is 19.1. The second kappa shape index (κ2) is 2.46. The van der Waals surface area contributed by atoms with Gasteiger partial charge in [0.05, 0.1) is 0 Å². The van der Waals surface area contributed by atoms with E-state index in [2.05, 4.69) is 10.6 Å². The van der Waals surface area contributed by atoms with E-state index in [1.807, 2.05) is 0 Å². The molecule has 1 aromatic rings. The molecule has 0 aromatic carbocycles. The molecule has 0 saturated carbocycles. The van der Waals surface area contributed by atoms with Gasteiger partial charge in [-0.25, -0.2) is 4.39 Å². The van der Waals surface area contributed by atoms with E-state index in [0.29, 0.717) is 5.82 Å². The Bertz CT molecular complexity index is 373. The van der Waals surface area contributed by atoms with Crippen molar-refractivity contribution in [1.82, 2.24) is 9.88 Å². The van der Waals surface area contributed by atoms with Gasteiger partial charge in [0.25, 0.3) is 5.91 Å². The maximum Gasteiger partial charge on any atom is 0.260 e. The Morgan fingerprint density at radius 3 is 3.00 bits per heavy atom. The SMILES string of the molecule is Cn1cc(F)c2c1NC(N)NC2=O. The van der Waals surface area contributed by atoms with Gasteiger partial charge < -0.3 is 15.2 Å². The van der Waals surface area contributed by atoms with Gasteiger partial charge in [0, 0.05) is 13.2 Å². The van der Waals surface area contributed by atoms with Crippen LogP contribution in [-0.4, -0.2) is 16.8 Å². The van der Waals surface area contributed by atoms with Crippen molar-refractivity contribution in [1.29, 1.82) is 0 Å². The van der Waals surface area contributed by atoms with Crippen LogP contribution in [0.3, 0.4) is 0 Å². The van der Waals surface area contributed by atoms with Gasteiger partial charge in [0.15, 0.2) is 12.1 Å². The van der Waals surface area contributed by atoms with E-state index in [0.717, 1.165) is 0 Å². The van der Waals surface area contributed by atoms with Crippen LogP contribution < -0.4 is 16.4 Å². The molecule has 1 amide bonds. The third-order valence-electron chi connectivity index (χ3n) is 1.94. The van der Waals surface area contributed by atoms with Crippen molar-refractivity contribution in [3.8, 4) is 0 Å². The molecule has 0 spiro atoms. The summed E-state index contributed by atoms with van der Waals surface area (Å²) in [4.78, 5) is 11.2. The average Bonchev–Trinajstić information content (AvgIpc) is 2.27. The molecule has 0 bridgehead atoms. The largest absolute Gasteiger partial charge is 0.339 e. The van der Waals surface area contributed by atoms with Crippen LogP contribution in [0.15, 0.2) is 6.20 Å². The molecule has 5 nitrogen and oxygen atoms in total. The highest BCUT2D eigenvalue weighted by molar-refractivity contribution is 6.01. The number of amides is 1. The third-order valence-corrected chi connectivity index (χ3v) is 1.94. The number of nitrogens with two attached hydrogens (primary N) is 1. The average molecular weight is 184 g/mol. The van der Waals surface area contributed by atoms with Crippen LogP contribution in [0.1, 0.15) is 10.4 Å². The summed E-state index contributed by atoms with van der Waals surface area (Å²) in [5, 5.41) is 5.11. The minimum absolute atomic E-state index is 0.0178. The van der Waals surface area contributed by atoms with Crippen molar-refractivity contribution in [2.24, 2.45) is 12.8 Å². The lowest BCUT2D eigenvalue weighted by molar-refractivity contribution is 0.0933. The molecule has 1 aliphatic rings. The first-order chi connectivity index (χ1) is 6.09. The van der Waals surface area contributed by atoms with Gasteiger partial charge in [-0.05, 0) is 0 Å².